The summed E-state index contributed by atoms with van der Waals surface area (Å²) in [4.78, 5) is 11.7. The molecule has 0 aromatic rings. The van der Waals surface area contributed by atoms with Crippen molar-refractivity contribution in [1.82, 2.24) is 5.32 Å². The van der Waals surface area contributed by atoms with Crippen molar-refractivity contribution in [2.45, 2.75) is 52.7 Å². The van der Waals surface area contributed by atoms with E-state index >= 15 is 0 Å². The summed E-state index contributed by atoms with van der Waals surface area (Å²) in [5.41, 5.74) is -1.16. The molecular weight excluding hydrogens is 298 g/mol. The highest BCUT2D eigenvalue weighted by atomic mass is 32.2. The Morgan fingerprint density at radius 3 is 2.14 bits per heavy atom. The number of aliphatic hydroxyl groups is 1. The Morgan fingerprint density at radius 2 is 1.76 bits per heavy atom. The van der Waals surface area contributed by atoms with Gasteiger partial charge in [0.15, 0.2) is 0 Å². The molecule has 1 atom stereocenters. The van der Waals surface area contributed by atoms with Crippen molar-refractivity contribution in [3.63, 3.8) is 0 Å². The third kappa shape index (κ3) is 11.5. The third-order valence-electron chi connectivity index (χ3n) is 2.40. The Balaban J connectivity index is 4.51. The molecule has 0 spiro atoms. The number of nitrogens with one attached hydrogen (secondary N) is 1. The predicted molar refractivity (Wildman–Crippen MR) is 79.4 cm³/mol. The van der Waals surface area contributed by atoms with Gasteiger partial charge in [-0.05, 0) is 32.6 Å². The fraction of sp³-hybridized carbons (Fsp3) is 0.923. The zero-order valence-electron chi connectivity index (χ0n) is 13.6. The van der Waals surface area contributed by atoms with Crippen molar-refractivity contribution in [2.75, 3.05) is 19.5 Å². The van der Waals surface area contributed by atoms with Crippen LogP contribution < -0.4 is 5.32 Å². The van der Waals surface area contributed by atoms with E-state index in [9.17, 15) is 18.3 Å². The lowest BCUT2D eigenvalue weighted by Crippen LogP contribution is -2.43. The quantitative estimate of drug-likeness (QED) is 0.683. The molecule has 0 saturated heterocycles. The van der Waals surface area contributed by atoms with Gasteiger partial charge in [-0.3, -0.25) is 4.18 Å². The molecule has 21 heavy (non-hydrogen) atoms. The molecule has 0 rings (SSSR count). The van der Waals surface area contributed by atoms with Gasteiger partial charge in [0, 0.05) is 0 Å². The SMILES string of the molecule is CC(C)(COS(C)(=O)=O)C[C@@H](CO)NC(=O)OC(C)(C)C. The van der Waals surface area contributed by atoms with Crippen molar-refractivity contribution in [2.24, 2.45) is 5.41 Å². The number of ether oxygens (including phenoxy) is 1. The summed E-state index contributed by atoms with van der Waals surface area (Å²) >= 11 is 0. The summed E-state index contributed by atoms with van der Waals surface area (Å²) in [7, 11) is -3.52. The van der Waals surface area contributed by atoms with Crippen LogP contribution in [0.2, 0.25) is 0 Å². The third-order valence-corrected chi connectivity index (χ3v) is 2.95. The summed E-state index contributed by atoms with van der Waals surface area (Å²) in [6.07, 6.45) is 0.700. The lowest BCUT2D eigenvalue weighted by atomic mass is 9.87. The van der Waals surface area contributed by atoms with Crippen LogP contribution in [-0.2, 0) is 19.0 Å². The van der Waals surface area contributed by atoms with E-state index in [1.807, 2.05) is 0 Å². The molecular formula is C13H27NO6S. The first-order valence-corrected chi connectivity index (χ1v) is 8.50. The van der Waals surface area contributed by atoms with Crippen LogP contribution in [0.15, 0.2) is 0 Å². The molecule has 0 aromatic carbocycles. The second-order valence-electron chi connectivity index (χ2n) is 6.86. The molecule has 0 aliphatic rings. The van der Waals surface area contributed by atoms with E-state index in [1.165, 1.54) is 0 Å². The maximum atomic E-state index is 11.7. The van der Waals surface area contributed by atoms with Gasteiger partial charge in [-0.1, -0.05) is 13.8 Å². The van der Waals surface area contributed by atoms with Gasteiger partial charge in [0.2, 0.25) is 0 Å². The summed E-state index contributed by atoms with van der Waals surface area (Å²) in [5.74, 6) is 0. The Morgan fingerprint density at radius 1 is 1.24 bits per heavy atom. The molecule has 0 aliphatic heterocycles. The Bertz CT molecular complexity index is 438. The predicted octanol–water partition coefficient (Wildman–Crippen LogP) is 1.26. The number of hydrogen-bond donors (Lipinski definition) is 2. The highest BCUT2D eigenvalue weighted by Gasteiger charge is 2.27. The summed E-state index contributed by atoms with van der Waals surface area (Å²) < 4.78 is 31.9. The number of carbonyl (C=O) groups is 1. The average Bonchev–Trinajstić information content (AvgIpc) is 2.21. The molecule has 2 N–H and O–H groups in total. The van der Waals surface area contributed by atoms with Gasteiger partial charge in [-0.15, -0.1) is 0 Å². The minimum Gasteiger partial charge on any atom is -0.444 e. The number of rotatable bonds is 7. The van der Waals surface area contributed by atoms with Crippen LogP contribution in [-0.4, -0.2) is 50.7 Å². The number of amides is 1. The number of hydrogen-bond acceptors (Lipinski definition) is 6. The lowest BCUT2D eigenvalue weighted by Gasteiger charge is -2.29. The summed E-state index contributed by atoms with van der Waals surface area (Å²) in [5, 5.41) is 11.9. The van der Waals surface area contributed by atoms with E-state index in [0.717, 1.165) is 6.26 Å². The molecule has 8 heteroatoms. The van der Waals surface area contributed by atoms with Crippen LogP contribution in [0.4, 0.5) is 4.79 Å². The molecule has 126 valence electrons. The summed E-state index contributed by atoms with van der Waals surface area (Å²) in [6.45, 7) is 8.49. The second kappa shape index (κ2) is 7.42. The first kappa shape index (κ1) is 20.1. The fourth-order valence-electron chi connectivity index (χ4n) is 1.63. The van der Waals surface area contributed by atoms with Crippen LogP contribution in [0.3, 0.4) is 0 Å². The normalized spacial score (nSPS) is 14.6. The largest absolute Gasteiger partial charge is 0.444 e. The van der Waals surface area contributed by atoms with Crippen LogP contribution in [0.1, 0.15) is 41.0 Å². The minimum atomic E-state index is -3.52. The number of alkyl carbamates (subject to hydrolysis) is 1. The second-order valence-corrected chi connectivity index (χ2v) is 8.50. The van der Waals surface area contributed by atoms with Crippen LogP contribution in [0.5, 0.6) is 0 Å². The van der Waals surface area contributed by atoms with Crippen LogP contribution >= 0.6 is 0 Å². The van der Waals surface area contributed by atoms with Crippen molar-refractivity contribution in [1.29, 1.82) is 0 Å². The van der Waals surface area contributed by atoms with Gasteiger partial charge in [0.05, 0.1) is 25.5 Å². The van der Waals surface area contributed by atoms with Gasteiger partial charge < -0.3 is 15.2 Å². The molecule has 0 fully saturated rings. The van der Waals surface area contributed by atoms with E-state index in [2.05, 4.69) is 5.32 Å². The fourth-order valence-corrected chi connectivity index (χ4v) is 2.16. The van der Waals surface area contributed by atoms with Crippen molar-refractivity contribution >= 4 is 16.2 Å². The molecule has 0 bridgehead atoms. The molecule has 0 saturated carbocycles. The number of aliphatic hydroxyl groups excluding tert-OH is 1. The Hall–Kier alpha value is -0.860. The monoisotopic (exact) mass is 325 g/mol. The average molecular weight is 325 g/mol. The molecule has 0 radical (unpaired) electrons. The Kier molecular flexibility index (Phi) is 7.11. The molecule has 0 aromatic heterocycles. The first-order chi connectivity index (χ1) is 9.24. The minimum absolute atomic E-state index is 0.0294. The maximum Gasteiger partial charge on any atom is 0.407 e. The van der Waals surface area contributed by atoms with Gasteiger partial charge in [0.25, 0.3) is 10.1 Å². The zero-order valence-corrected chi connectivity index (χ0v) is 14.4. The lowest BCUT2D eigenvalue weighted by molar-refractivity contribution is 0.0448. The van der Waals surface area contributed by atoms with Gasteiger partial charge in [-0.25, -0.2) is 4.79 Å². The zero-order chi connectivity index (χ0) is 16.9. The molecule has 0 heterocycles. The van der Waals surface area contributed by atoms with Gasteiger partial charge in [-0.2, -0.15) is 8.42 Å². The van der Waals surface area contributed by atoms with Crippen molar-refractivity contribution in [3.8, 4) is 0 Å². The van der Waals surface area contributed by atoms with E-state index in [0.29, 0.717) is 6.42 Å². The molecule has 0 unspecified atom stereocenters. The summed E-state index contributed by atoms with van der Waals surface area (Å²) in [6, 6.07) is -0.544. The highest BCUT2D eigenvalue weighted by molar-refractivity contribution is 7.85. The van der Waals surface area contributed by atoms with Crippen molar-refractivity contribution < 1.29 is 27.2 Å². The van der Waals surface area contributed by atoms with E-state index in [4.69, 9.17) is 8.92 Å². The van der Waals surface area contributed by atoms with Crippen molar-refractivity contribution in [3.05, 3.63) is 0 Å². The van der Waals surface area contributed by atoms with E-state index < -0.39 is 33.3 Å². The van der Waals surface area contributed by atoms with Crippen LogP contribution in [0, 0.1) is 5.41 Å². The van der Waals surface area contributed by atoms with Gasteiger partial charge in [0.1, 0.15) is 5.60 Å². The maximum absolute atomic E-state index is 11.7. The van der Waals surface area contributed by atoms with E-state index in [1.54, 1.807) is 34.6 Å². The van der Waals surface area contributed by atoms with Gasteiger partial charge >= 0.3 is 6.09 Å². The Labute approximate surface area is 127 Å². The topological polar surface area (TPSA) is 102 Å². The standard InChI is InChI=1S/C13H27NO6S/c1-12(2,3)20-11(16)14-10(8-15)7-13(4,5)9-19-21(6,17)18/h10,15H,7-9H2,1-6H3,(H,14,16)/t10-/m0/s1. The first-order valence-electron chi connectivity index (χ1n) is 6.69. The molecule has 0 aliphatic carbocycles. The van der Waals surface area contributed by atoms with Crippen LogP contribution in [0.25, 0.3) is 0 Å². The van der Waals surface area contributed by atoms with E-state index in [-0.39, 0.29) is 13.2 Å². The molecule has 1 amide bonds. The molecule has 7 nitrogen and oxygen atoms in total. The highest BCUT2D eigenvalue weighted by Crippen LogP contribution is 2.23. The number of carbonyl (C=O) groups excluding carboxylic acids is 1. The smallest absolute Gasteiger partial charge is 0.407 e.